The van der Waals surface area contributed by atoms with Gasteiger partial charge in [-0.2, -0.15) is 0 Å². The average molecular weight is 200 g/mol. The Morgan fingerprint density at radius 3 is 2.71 bits per heavy atom. The van der Waals surface area contributed by atoms with Gasteiger partial charge in [0.2, 0.25) is 0 Å². The summed E-state index contributed by atoms with van der Waals surface area (Å²) >= 11 is 0. The lowest BCUT2D eigenvalue weighted by Gasteiger charge is -2.06. The SMILES string of the molecule is OCc1cnc(C2CC2)nc1C(F)F. The van der Waals surface area contributed by atoms with Crippen molar-refractivity contribution >= 4 is 0 Å². The number of halogens is 2. The highest BCUT2D eigenvalue weighted by Gasteiger charge is 2.28. The van der Waals surface area contributed by atoms with Crippen molar-refractivity contribution in [1.29, 1.82) is 0 Å². The molecular formula is C9H10F2N2O. The molecule has 0 bridgehead atoms. The third kappa shape index (κ3) is 1.72. The van der Waals surface area contributed by atoms with Gasteiger partial charge < -0.3 is 5.11 Å². The lowest BCUT2D eigenvalue weighted by atomic mass is 10.2. The molecule has 1 heterocycles. The summed E-state index contributed by atoms with van der Waals surface area (Å²) in [7, 11) is 0. The third-order valence-corrected chi connectivity index (χ3v) is 2.24. The Balaban J connectivity index is 2.35. The van der Waals surface area contributed by atoms with E-state index in [9.17, 15) is 8.78 Å². The highest BCUT2D eigenvalue weighted by molar-refractivity contribution is 5.20. The number of aromatic nitrogens is 2. The summed E-state index contributed by atoms with van der Waals surface area (Å²) in [5.74, 6) is 0.734. The molecule has 0 aromatic carbocycles. The molecule has 76 valence electrons. The van der Waals surface area contributed by atoms with Crippen molar-refractivity contribution < 1.29 is 13.9 Å². The number of hydrogen-bond donors (Lipinski definition) is 1. The van der Waals surface area contributed by atoms with Crippen molar-refractivity contribution in [2.24, 2.45) is 0 Å². The van der Waals surface area contributed by atoms with Gasteiger partial charge in [-0.3, -0.25) is 0 Å². The maximum atomic E-state index is 12.5. The monoisotopic (exact) mass is 200 g/mol. The van der Waals surface area contributed by atoms with Crippen LogP contribution in [0.4, 0.5) is 8.78 Å². The molecule has 0 amide bonds. The Kier molecular flexibility index (Phi) is 2.41. The highest BCUT2D eigenvalue weighted by Crippen LogP contribution is 2.38. The summed E-state index contributed by atoms with van der Waals surface area (Å²) in [6.45, 7) is -0.440. The van der Waals surface area contributed by atoms with Crippen LogP contribution in [0.1, 0.15) is 42.3 Å². The zero-order chi connectivity index (χ0) is 10.1. The summed E-state index contributed by atoms with van der Waals surface area (Å²) in [5.41, 5.74) is -0.214. The third-order valence-electron chi connectivity index (χ3n) is 2.24. The average Bonchev–Trinajstić information content (AvgIpc) is 3.00. The highest BCUT2D eigenvalue weighted by atomic mass is 19.3. The van der Waals surface area contributed by atoms with Gasteiger partial charge in [0.15, 0.2) is 0 Å². The van der Waals surface area contributed by atoms with E-state index in [1.807, 2.05) is 0 Å². The lowest BCUT2D eigenvalue weighted by Crippen LogP contribution is -2.04. The zero-order valence-electron chi connectivity index (χ0n) is 7.45. The summed E-state index contributed by atoms with van der Waals surface area (Å²) in [4.78, 5) is 7.73. The van der Waals surface area contributed by atoms with Gasteiger partial charge in [0.25, 0.3) is 6.43 Å². The first kappa shape index (κ1) is 9.45. The van der Waals surface area contributed by atoms with Crippen LogP contribution in [0.2, 0.25) is 0 Å². The normalized spacial score (nSPS) is 16.3. The second-order valence-electron chi connectivity index (χ2n) is 3.37. The van der Waals surface area contributed by atoms with Gasteiger partial charge in [-0.1, -0.05) is 0 Å². The summed E-state index contributed by atoms with van der Waals surface area (Å²) in [6.07, 6.45) is 0.599. The van der Waals surface area contributed by atoms with Crippen molar-refractivity contribution in [2.45, 2.75) is 31.8 Å². The number of nitrogens with zero attached hydrogens (tertiary/aromatic N) is 2. The van der Waals surface area contributed by atoms with Crippen LogP contribution in [0.15, 0.2) is 6.20 Å². The second kappa shape index (κ2) is 3.57. The number of aliphatic hydroxyl groups excluding tert-OH is 1. The van der Waals surface area contributed by atoms with Crippen LogP contribution in [0.5, 0.6) is 0 Å². The molecule has 1 aromatic rings. The van der Waals surface area contributed by atoms with Gasteiger partial charge in [-0.05, 0) is 12.8 Å². The molecule has 1 N–H and O–H groups in total. The molecule has 0 radical (unpaired) electrons. The summed E-state index contributed by atoms with van der Waals surface area (Å²) in [5, 5.41) is 8.80. The van der Waals surface area contributed by atoms with Gasteiger partial charge in [0.05, 0.1) is 6.61 Å². The molecule has 0 aliphatic heterocycles. The molecule has 1 aliphatic rings. The van der Waals surface area contributed by atoms with E-state index in [1.54, 1.807) is 0 Å². The fraction of sp³-hybridized carbons (Fsp3) is 0.556. The number of alkyl halides is 2. The van der Waals surface area contributed by atoms with Crippen molar-refractivity contribution in [1.82, 2.24) is 9.97 Å². The number of aliphatic hydroxyl groups is 1. The van der Waals surface area contributed by atoms with E-state index in [4.69, 9.17) is 5.11 Å². The van der Waals surface area contributed by atoms with E-state index in [2.05, 4.69) is 9.97 Å². The quantitative estimate of drug-likeness (QED) is 0.808. The Morgan fingerprint density at radius 2 is 2.21 bits per heavy atom. The molecule has 0 unspecified atom stereocenters. The summed E-state index contributed by atoms with van der Waals surface area (Å²) in [6, 6.07) is 0. The molecule has 5 heteroatoms. The predicted molar refractivity (Wildman–Crippen MR) is 44.9 cm³/mol. The maximum absolute atomic E-state index is 12.5. The number of rotatable bonds is 3. The van der Waals surface area contributed by atoms with Crippen molar-refractivity contribution in [3.8, 4) is 0 Å². The van der Waals surface area contributed by atoms with Crippen LogP contribution in [0, 0.1) is 0 Å². The Morgan fingerprint density at radius 1 is 1.50 bits per heavy atom. The van der Waals surface area contributed by atoms with E-state index in [0.717, 1.165) is 12.8 Å². The topological polar surface area (TPSA) is 46.0 Å². The Hall–Kier alpha value is -1.10. The van der Waals surface area contributed by atoms with Crippen molar-refractivity contribution in [3.05, 3.63) is 23.3 Å². The first-order valence-electron chi connectivity index (χ1n) is 4.47. The van der Waals surface area contributed by atoms with E-state index < -0.39 is 13.0 Å². The molecule has 1 saturated carbocycles. The first-order valence-corrected chi connectivity index (χ1v) is 4.47. The van der Waals surface area contributed by atoms with Crippen LogP contribution in [0.25, 0.3) is 0 Å². The van der Waals surface area contributed by atoms with Gasteiger partial charge in [-0.15, -0.1) is 0 Å². The van der Waals surface area contributed by atoms with Crippen molar-refractivity contribution in [3.63, 3.8) is 0 Å². The minimum atomic E-state index is -2.64. The molecule has 0 spiro atoms. The van der Waals surface area contributed by atoms with Crippen molar-refractivity contribution in [2.75, 3.05) is 0 Å². The zero-order valence-corrected chi connectivity index (χ0v) is 7.45. The Bertz CT molecular complexity index is 340. The summed E-state index contributed by atoms with van der Waals surface area (Å²) < 4.78 is 25.0. The van der Waals surface area contributed by atoms with Gasteiger partial charge >= 0.3 is 0 Å². The fourth-order valence-corrected chi connectivity index (χ4v) is 1.28. The standard InChI is InChI=1S/C9H10F2N2O/c10-8(11)7-6(4-14)3-12-9(13-7)5-1-2-5/h3,5,8,14H,1-2,4H2. The van der Waals surface area contributed by atoms with Gasteiger partial charge in [0, 0.05) is 17.7 Å². The smallest absolute Gasteiger partial charge is 0.280 e. The minimum absolute atomic E-state index is 0.115. The molecule has 3 nitrogen and oxygen atoms in total. The van der Waals surface area contributed by atoms with Crippen LogP contribution < -0.4 is 0 Å². The first-order chi connectivity index (χ1) is 6.72. The molecule has 1 aromatic heterocycles. The lowest BCUT2D eigenvalue weighted by molar-refractivity contribution is 0.141. The molecular weight excluding hydrogens is 190 g/mol. The van der Waals surface area contributed by atoms with E-state index in [0.29, 0.717) is 5.82 Å². The van der Waals surface area contributed by atoms with Crippen LogP contribution in [0.3, 0.4) is 0 Å². The fourth-order valence-electron chi connectivity index (χ4n) is 1.28. The molecule has 1 fully saturated rings. The molecule has 2 rings (SSSR count). The van der Waals surface area contributed by atoms with Crippen LogP contribution >= 0.6 is 0 Å². The molecule has 0 saturated heterocycles. The van der Waals surface area contributed by atoms with E-state index in [-0.39, 0.29) is 17.2 Å². The van der Waals surface area contributed by atoms with Crippen LogP contribution in [-0.4, -0.2) is 15.1 Å². The predicted octanol–water partition coefficient (Wildman–Crippen LogP) is 1.78. The number of hydrogen-bond acceptors (Lipinski definition) is 3. The minimum Gasteiger partial charge on any atom is -0.392 e. The molecule has 14 heavy (non-hydrogen) atoms. The van der Waals surface area contributed by atoms with Gasteiger partial charge in [0.1, 0.15) is 11.5 Å². The largest absolute Gasteiger partial charge is 0.392 e. The molecule has 0 atom stereocenters. The van der Waals surface area contributed by atoms with Crippen LogP contribution in [-0.2, 0) is 6.61 Å². The van der Waals surface area contributed by atoms with Gasteiger partial charge in [-0.25, -0.2) is 18.7 Å². The second-order valence-corrected chi connectivity index (χ2v) is 3.37. The van der Waals surface area contributed by atoms with E-state index >= 15 is 0 Å². The molecule has 1 aliphatic carbocycles. The maximum Gasteiger partial charge on any atom is 0.280 e. The van der Waals surface area contributed by atoms with E-state index in [1.165, 1.54) is 6.20 Å². The Labute approximate surface area is 79.8 Å².